The van der Waals surface area contributed by atoms with Crippen LogP contribution in [0.15, 0.2) is 42.2 Å². The number of allylic oxidation sites excluding steroid dienone is 2. The second-order valence-corrected chi connectivity index (χ2v) is 9.47. The van der Waals surface area contributed by atoms with Gasteiger partial charge < -0.3 is 8.92 Å². The Bertz CT molecular complexity index is 890. The fourth-order valence-corrected chi connectivity index (χ4v) is 4.67. The van der Waals surface area contributed by atoms with Crippen molar-refractivity contribution in [1.29, 1.82) is 0 Å². The molecule has 1 aromatic carbocycles. The first-order valence-electron chi connectivity index (χ1n) is 10.2. The SMILES string of the molecule is O=C(OC(C1CC=C(OS(=O)(=O)C(F)(F)F)CC1)C1CCC(F)CC1)c1ccccc1. The van der Waals surface area contributed by atoms with Crippen molar-refractivity contribution in [1.82, 2.24) is 0 Å². The maximum atomic E-state index is 13.6. The van der Waals surface area contributed by atoms with Crippen molar-refractivity contribution in [3.63, 3.8) is 0 Å². The molecule has 31 heavy (non-hydrogen) atoms. The lowest BCUT2D eigenvalue weighted by molar-refractivity contribution is -0.0528. The second kappa shape index (κ2) is 9.58. The first kappa shape index (κ1) is 23.6. The van der Waals surface area contributed by atoms with E-state index in [9.17, 15) is 30.8 Å². The number of carbonyl (C=O) groups is 1. The smallest absolute Gasteiger partial charge is 0.458 e. The highest BCUT2D eigenvalue weighted by molar-refractivity contribution is 7.87. The summed E-state index contributed by atoms with van der Waals surface area (Å²) >= 11 is 0. The fourth-order valence-electron chi connectivity index (χ4n) is 4.14. The van der Waals surface area contributed by atoms with Crippen molar-refractivity contribution in [3.8, 4) is 0 Å². The van der Waals surface area contributed by atoms with Gasteiger partial charge in [0.05, 0.1) is 5.56 Å². The molecule has 0 heterocycles. The molecule has 0 N–H and O–H groups in total. The molecule has 3 rings (SSSR count). The first-order chi connectivity index (χ1) is 14.6. The quantitative estimate of drug-likeness (QED) is 0.248. The summed E-state index contributed by atoms with van der Waals surface area (Å²) in [6.07, 6.45) is 2.15. The summed E-state index contributed by atoms with van der Waals surface area (Å²) in [5.74, 6) is -1.08. The Morgan fingerprint density at radius 3 is 2.19 bits per heavy atom. The van der Waals surface area contributed by atoms with Crippen LogP contribution in [0.25, 0.3) is 0 Å². The average Bonchev–Trinajstić information content (AvgIpc) is 2.73. The molecule has 2 atom stereocenters. The van der Waals surface area contributed by atoms with Gasteiger partial charge in [0, 0.05) is 12.3 Å². The predicted molar refractivity (Wildman–Crippen MR) is 104 cm³/mol. The molecule has 172 valence electrons. The molecule has 5 nitrogen and oxygen atoms in total. The van der Waals surface area contributed by atoms with Crippen molar-refractivity contribution >= 4 is 16.1 Å². The van der Waals surface area contributed by atoms with E-state index in [0.29, 0.717) is 37.7 Å². The Morgan fingerprint density at radius 1 is 1.00 bits per heavy atom. The highest BCUT2D eigenvalue weighted by Gasteiger charge is 2.49. The number of halogens is 4. The largest absolute Gasteiger partial charge is 0.534 e. The van der Waals surface area contributed by atoms with Gasteiger partial charge in [-0.05, 0) is 62.7 Å². The van der Waals surface area contributed by atoms with E-state index in [2.05, 4.69) is 4.18 Å². The van der Waals surface area contributed by atoms with E-state index < -0.39 is 33.9 Å². The van der Waals surface area contributed by atoms with Crippen molar-refractivity contribution in [2.75, 3.05) is 0 Å². The maximum absolute atomic E-state index is 13.6. The zero-order valence-corrected chi connectivity index (χ0v) is 17.5. The molecule has 1 aromatic rings. The standard InChI is InChI=1S/C21H24F4O5S/c22-17-10-6-14(7-11-17)19(29-20(26)16-4-2-1-3-5-16)15-8-12-18(13-9-15)30-31(27,28)21(23,24)25/h1-5,12,14-15,17,19H,6-11,13H2. The molecule has 1 saturated carbocycles. The highest BCUT2D eigenvalue weighted by atomic mass is 32.2. The lowest BCUT2D eigenvalue weighted by Crippen LogP contribution is -2.37. The molecule has 2 aliphatic rings. The van der Waals surface area contributed by atoms with Crippen LogP contribution in [0.1, 0.15) is 55.3 Å². The van der Waals surface area contributed by atoms with Gasteiger partial charge in [-0.15, -0.1) is 0 Å². The van der Waals surface area contributed by atoms with Crippen LogP contribution in [-0.4, -0.2) is 32.2 Å². The molecule has 0 bridgehead atoms. The van der Waals surface area contributed by atoms with Gasteiger partial charge in [-0.1, -0.05) is 18.2 Å². The third-order valence-electron chi connectivity index (χ3n) is 5.79. The fraction of sp³-hybridized carbons (Fsp3) is 0.571. The number of hydrogen-bond donors (Lipinski definition) is 0. The summed E-state index contributed by atoms with van der Waals surface area (Å²) in [6, 6.07) is 8.40. The molecule has 10 heteroatoms. The Balaban J connectivity index is 1.72. The van der Waals surface area contributed by atoms with Gasteiger partial charge >= 0.3 is 21.6 Å². The van der Waals surface area contributed by atoms with E-state index in [1.54, 1.807) is 30.3 Å². The zero-order valence-electron chi connectivity index (χ0n) is 16.7. The van der Waals surface area contributed by atoms with Gasteiger partial charge in [0.25, 0.3) is 0 Å². The monoisotopic (exact) mass is 464 g/mol. The predicted octanol–water partition coefficient (Wildman–Crippen LogP) is 5.29. The zero-order chi connectivity index (χ0) is 22.6. The van der Waals surface area contributed by atoms with Crippen molar-refractivity contribution in [2.24, 2.45) is 11.8 Å². The summed E-state index contributed by atoms with van der Waals surface area (Å²) < 4.78 is 83.7. The van der Waals surface area contributed by atoms with E-state index >= 15 is 0 Å². The van der Waals surface area contributed by atoms with Gasteiger partial charge in [-0.3, -0.25) is 0 Å². The van der Waals surface area contributed by atoms with Crippen molar-refractivity contribution in [2.45, 2.75) is 62.7 Å². The average molecular weight is 464 g/mol. The van der Waals surface area contributed by atoms with E-state index in [-0.39, 0.29) is 30.4 Å². The number of carbonyl (C=O) groups excluding carboxylic acids is 1. The highest BCUT2D eigenvalue weighted by Crippen LogP contribution is 2.39. The van der Waals surface area contributed by atoms with Crippen molar-refractivity contribution < 1.29 is 39.7 Å². The van der Waals surface area contributed by atoms with Crippen LogP contribution in [0.2, 0.25) is 0 Å². The van der Waals surface area contributed by atoms with E-state index in [0.717, 1.165) is 0 Å². The Kier molecular flexibility index (Phi) is 7.28. The molecule has 0 spiro atoms. The van der Waals surface area contributed by atoms with Crippen LogP contribution >= 0.6 is 0 Å². The summed E-state index contributed by atoms with van der Waals surface area (Å²) in [6.45, 7) is 0. The molecular weight excluding hydrogens is 440 g/mol. The van der Waals surface area contributed by atoms with Gasteiger partial charge in [-0.2, -0.15) is 21.6 Å². The van der Waals surface area contributed by atoms with Gasteiger partial charge in [0.2, 0.25) is 0 Å². The lowest BCUT2D eigenvalue weighted by Gasteiger charge is -2.37. The van der Waals surface area contributed by atoms with E-state index in [1.165, 1.54) is 6.08 Å². The topological polar surface area (TPSA) is 69.7 Å². The number of hydrogen-bond acceptors (Lipinski definition) is 5. The Labute approximate surface area is 178 Å². The molecule has 0 saturated heterocycles. The molecule has 0 radical (unpaired) electrons. The summed E-state index contributed by atoms with van der Waals surface area (Å²) in [7, 11) is -5.71. The van der Waals surface area contributed by atoms with Crippen LogP contribution in [0, 0.1) is 11.8 Å². The minimum Gasteiger partial charge on any atom is -0.458 e. The number of ether oxygens (including phenoxy) is 1. The lowest BCUT2D eigenvalue weighted by atomic mass is 9.76. The van der Waals surface area contributed by atoms with Gasteiger partial charge in [-0.25, -0.2) is 9.18 Å². The molecule has 0 aromatic heterocycles. The van der Waals surface area contributed by atoms with Gasteiger partial charge in [0.1, 0.15) is 18.0 Å². The first-order valence-corrected chi connectivity index (χ1v) is 11.6. The number of rotatable bonds is 6. The van der Waals surface area contributed by atoms with Crippen LogP contribution in [0.3, 0.4) is 0 Å². The normalized spacial score (nSPS) is 25.9. The molecule has 1 fully saturated rings. The molecule has 2 unspecified atom stereocenters. The molecule has 0 aliphatic heterocycles. The minimum atomic E-state index is -5.71. The number of alkyl halides is 4. The summed E-state index contributed by atoms with van der Waals surface area (Å²) in [5, 5.41) is 0. The van der Waals surface area contributed by atoms with Crippen LogP contribution in [0.5, 0.6) is 0 Å². The molecular formula is C21H24F4O5S. The van der Waals surface area contributed by atoms with E-state index in [4.69, 9.17) is 4.74 Å². The second-order valence-electron chi connectivity index (χ2n) is 7.94. The third-order valence-corrected chi connectivity index (χ3v) is 6.79. The minimum absolute atomic E-state index is 0.0299. The maximum Gasteiger partial charge on any atom is 0.534 e. The molecule has 0 amide bonds. The number of benzene rings is 1. The van der Waals surface area contributed by atoms with Crippen LogP contribution in [-0.2, 0) is 19.0 Å². The van der Waals surface area contributed by atoms with Crippen LogP contribution in [0.4, 0.5) is 17.6 Å². The summed E-state index contributed by atoms with van der Waals surface area (Å²) in [5.41, 5.74) is -5.12. The Hall–Kier alpha value is -2.10. The van der Waals surface area contributed by atoms with E-state index in [1.807, 2.05) is 0 Å². The number of esters is 1. The Morgan fingerprint density at radius 2 is 1.65 bits per heavy atom. The third kappa shape index (κ3) is 5.99. The van der Waals surface area contributed by atoms with Crippen molar-refractivity contribution in [3.05, 3.63) is 47.7 Å². The van der Waals surface area contributed by atoms with Gasteiger partial charge in [0.15, 0.2) is 0 Å². The molecule has 2 aliphatic carbocycles. The summed E-state index contributed by atoms with van der Waals surface area (Å²) in [4.78, 5) is 12.6. The van der Waals surface area contributed by atoms with Crippen LogP contribution < -0.4 is 0 Å².